The Hall–Kier alpha value is -1.04. The molecule has 0 amide bonds. The molecule has 0 bridgehead atoms. The summed E-state index contributed by atoms with van der Waals surface area (Å²) in [5, 5.41) is 2.04. The van der Waals surface area contributed by atoms with Crippen LogP contribution in [0.1, 0.15) is 6.42 Å². The Kier molecular flexibility index (Phi) is 4.01. The highest BCUT2D eigenvalue weighted by Gasteiger charge is 2.25. The zero-order valence-corrected chi connectivity index (χ0v) is 12.8. The normalized spacial score (nSPS) is 18.0. The molecule has 0 aliphatic carbocycles. The lowest BCUT2D eigenvalue weighted by molar-refractivity contribution is 0.435. The van der Waals surface area contributed by atoms with Crippen LogP contribution in [0.2, 0.25) is 0 Å². The Balaban J connectivity index is 1.99. The van der Waals surface area contributed by atoms with Crippen molar-refractivity contribution in [1.82, 2.24) is 4.31 Å². The molecule has 106 valence electrons. The van der Waals surface area contributed by atoms with Crippen LogP contribution in [-0.4, -0.2) is 37.3 Å². The van der Waals surface area contributed by atoms with Gasteiger partial charge in [0, 0.05) is 18.8 Å². The molecular formula is C15H17NO2S2. The van der Waals surface area contributed by atoms with Crippen molar-refractivity contribution >= 4 is 32.6 Å². The van der Waals surface area contributed by atoms with E-state index >= 15 is 0 Å². The van der Waals surface area contributed by atoms with Crippen molar-refractivity contribution in [3.63, 3.8) is 0 Å². The molecular weight excluding hydrogens is 290 g/mol. The smallest absolute Gasteiger partial charge is 0.207 e. The maximum Gasteiger partial charge on any atom is 0.243 e. The van der Waals surface area contributed by atoms with Crippen molar-refractivity contribution in [2.75, 3.05) is 24.6 Å². The van der Waals surface area contributed by atoms with E-state index in [1.54, 1.807) is 16.4 Å². The van der Waals surface area contributed by atoms with Gasteiger partial charge in [0.2, 0.25) is 10.0 Å². The molecule has 0 atom stereocenters. The maximum absolute atomic E-state index is 12.7. The molecule has 1 saturated heterocycles. The summed E-state index contributed by atoms with van der Waals surface area (Å²) in [6, 6.07) is 13.2. The molecule has 1 aliphatic rings. The van der Waals surface area contributed by atoms with E-state index in [0.717, 1.165) is 28.7 Å². The first-order valence-electron chi connectivity index (χ1n) is 6.75. The summed E-state index contributed by atoms with van der Waals surface area (Å²) < 4.78 is 27.0. The van der Waals surface area contributed by atoms with Gasteiger partial charge in [-0.25, -0.2) is 8.42 Å². The van der Waals surface area contributed by atoms with Crippen molar-refractivity contribution < 1.29 is 8.42 Å². The van der Waals surface area contributed by atoms with E-state index in [1.165, 1.54) is 0 Å². The van der Waals surface area contributed by atoms with Gasteiger partial charge in [0.15, 0.2) is 0 Å². The van der Waals surface area contributed by atoms with E-state index in [4.69, 9.17) is 0 Å². The third-order valence-electron chi connectivity index (χ3n) is 3.54. The van der Waals surface area contributed by atoms with Crippen LogP contribution in [0, 0.1) is 0 Å². The molecule has 3 rings (SSSR count). The van der Waals surface area contributed by atoms with Crippen LogP contribution < -0.4 is 0 Å². The molecule has 2 aromatic carbocycles. The molecule has 20 heavy (non-hydrogen) atoms. The molecule has 0 unspecified atom stereocenters. The van der Waals surface area contributed by atoms with Gasteiger partial charge in [0.1, 0.15) is 0 Å². The number of hydrogen-bond acceptors (Lipinski definition) is 3. The Bertz CT molecular complexity index is 705. The monoisotopic (exact) mass is 307 g/mol. The van der Waals surface area contributed by atoms with Crippen molar-refractivity contribution in [2.45, 2.75) is 11.3 Å². The molecule has 1 heterocycles. The van der Waals surface area contributed by atoms with E-state index in [2.05, 4.69) is 0 Å². The van der Waals surface area contributed by atoms with Gasteiger partial charge in [0.05, 0.1) is 4.90 Å². The number of hydrogen-bond donors (Lipinski definition) is 0. The second-order valence-electron chi connectivity index (χ2n) is 4.88. The van der Waals surface area contributed by atoms with E-state index in [9.17, 15) is 8.42 Å². The largest absolute Gasteiger partial charge is 0.243 e. The summed E-state index contributed by atoms with van der Waals surface area (Å²) in [5.74, 6) is 1.93. The van der Waals surface area contributed by atoms with Crippen LogP contribution in [0.5, 0.6) is 0 Å². The number of nitrogens with zero attached hydrogens (tertiary/aromatic N) is 1. The van der Waals surface area contributed by atoms with E-state index in [0.29, 0.717) is 18.0 Å². The Morgan fingerprint density at radius 1 is 0.950 bits per heavy atom. The van der Waals surface area contributed by atoms with Crippen LogP contribution in [0.4, 0.5) is 0 Å². The van der Waals surface area contributed by atoms with Gasteiger partial charge in [0.25, 0.3) is 0 Å². The first kappa shape index (κ1) is 13.9. The molecule has 0 N–H and O–H groups in total. The fourth-order valence-electron chi connectivity index (χ4n) is 2.44. The second kappa shape index (κ2) is 5.76. The summed E-state index contributed by atoms with van der Waals surface area (Å²) in [5.41, 5.74) is 0. The van der Waals surface area contributed by atoms with Gasteiger partial charge < -0.3 is 0 Å². The lowest BCUT2D eigenvalue weighted by atomic mass is 10.1. The SMILES string of the molecule is O=S(=O)(c1ccc2ccccc2c1)N1CCCSCC1. The third kappa shape index (κ3) is 2.71. The van der Waals surface area contributed by atoms with Crippen molar-refractivity contribution in [2.24, 2.45) is 0 Å². The topological polar surface area (TPSA) is 37.4 Å². The molecule has 0 radical (unpaired) electrons. The predicted octanol–water partition coefficient (Wildman–Crippen LogP) is 2.97. The summed E-state index contributed by atoms with van der Waals surface area (Å²) in [4.78, 5) is 0.406. The number of benzene rings is 2. The average Bonchev–Trinajstić information content (AvgIpc) is 2.76. The summed E-state index contributed by atoms with van der Waals surface area (Å²) in [7, 11) is -3.36. The van der Waals surface area contributed by atoms with Crippen LogP contribution in [-0.2, 0) is 10.0 Å². The highest BCUT2D eigenvalue weighted by molar-refractivity contribution is 7.99. The minimum Gasteiger partial charge on any atom is -0.207 e. The molecule has 3 nitrogen and oxygen atoms in total. The van der Waals surface area contributed by atoms with Crippen LogP contribution in [0.25, 0.3) is 10.8 Å². The molecule has 5 heteroatoms. The molecule has 0 aromatic heterocycles. The van der Waals surface area contributed by atoms with Crippen molar-refractivity contribution in [3.8, 4) is 0 Å². The van der Waals surface area contributed by atoms with Gasteiger partial charge in [-0.15, -0.1) is 0 Å². The van der Waals surface area contributed by atoms with Crippen LogP contribution in [0.3, 0.4) is 0 Å². The molecule has 1 fully saturated rings. The minimum absolute atomic E-state index is 0.406. The predicted molar refractivity (Wildman–Crippen MR) is 84.6 cm³/mol. The quantitative estimate of drug-likeness (QED) is 0.856. The Morgan fingerprint density at radius 2 is 1.75 bits per heavy atom. The summed E-state index contributed by atoms with van der Waals surface area (Å²) >= 11 is 1.83. The van der Waals surface area contributed by atoms with E-state index < -0.39 is 10.0 Å². The maximum atomic E-state index is 12.7. The first-order valence-corrected chi connectivity index (χ1v) is 9.34. The van der Waals surface area contributed by atoms with Gasteiger partial charge in [-0.05, 0) is 35.1 Å². The number of sulfonamides is 1. The summed E-state index contributed by atoms with van der Waals surface area (Å²) in [6.45, 7) is 1.24. The summed E-state index contributed by atoms with van der Waals surface area (Å²) in [6.07, 6.45) is 0.928. The number of thioether (sulfide) groups is 1. The minimum atomic E-state index is -3.36. The molecule has 2 aromatic rings. The second-order valence-corrected chi connectivity index (χ2v) is 8.04. The number of fused-ring (bicyclic) bond motifs is 1. The Morgan fingerprint density at radius 3 is 2.60 bits per heavy atom. The number of rotatable bonds is 2. The standard InChI is InChI=1S/C15H17NO2S2/c17-20(18,16-8-3-10-19-11-9-16)15-7-6-13-4-1-2-5-14(13)12-15/h1-2,4-7,12H,3,8-11H2. The van der Waals surface area contributed by atoms with Gasteiger partial charge in [-0.2, -0.15) is 16.1 Å². The van der Waals surface area contributed by atoms with Crippen LogP contribution in [0.15, 0.2) is 47.4 Å². The fourth-order valence-corrected chi connectivity index (χ4v) is 4.96. The van der Waals surface area contributed by atoms with Gasteiger partial charge >= 0.3 is 0 Å². The van der Waals surface area contributed by atoms with Crippen LogP contribution >= 0.6 is 11.8 Å². The van der Waals surface area contributed by atoms with Gasteiger partial charge in [-0.3, -0.25) is 0 Å². The van der Waals surface area contributed by atoms with Gasteiger partial charge in [-0.1, -0.05) is 30.3 Å². The average molecular weight is 307 g/mol. The van der Waals surface area contributed by atoms with Crippen molar-refractivity contribution in [1.29, 1.82) is 0 Å². The molecule has 1 aliphatic heterocycles. The third-order valence-corrected chi connectivity index (χ3v) is 6.48. The molecule has 0 saturated carbocycles. The van der Waals surface area contributed by atoms with E-state index in [-0.39, 0.29) is 0 Å². The van der Waals surface area contributed by atoms with Crippen molar-refractivity contribution in [3.05, 3.63) is 42.5 Å². The lowest BCUT2D eigenvalue weighted by Gasteiger charge is -2.19. The first-order chi connectivity index (χ1) is 9.68. The zero-order valence-electron chi connectivity index (χ0n) is 11.2. The Labute approximate surface area is 124 Å². The lowest BCUT2D eigenvalue weighted by Crippen LogP contribution is -2.32. The zero-order chi connectivity index (χ0) is 14.0. The fraction of sp³-hybridized carbons (Fsp3) is 0.333. The highest BCUT2D eigenvalue weighted by Crippen LogP contribution is 2.23. The molecule has 0 spiro atoms. The van der Waals surface area contributed by atoms with E-state index in [1.807, 2.05) is 42.1 Å². The highest BCUT2D eigenvalue weighted by atomic mass is 32.2.